The molecule has 1 saturated heterocycles. The highest BCUT2D eigenvalue weighted by Crippen LogP contribution is 2.20. The van der Waals surface area contributed by atoms with Gasteiger partial charge in [0.05, 0.1) is 18.4 Å². The zero-order chi connectivity index (χ0) is 20.8. The highest BCUT2D eigenvalue weighted by atomic mass is 15.3. The minimum absolute atomic E-state index is 0.377. The van der Waals surface area contributed by atoms with Gasteiger partial charge < -0.3 is 20.4 Å². The minimum Gasteiger partial charge on any atom is -0.367 e. The van der Waals surface area contributed by atoms with Crippen LogP contribution in [-0.2, 0) is 13.6 Å². The number of piperidine rings is 1. The summed E-state index contributed by atoms with van der Waals surface area (Å²) in [5.74, 6) is 0.892. The second-order valence-electron chi connectivity index (χ2n) is 8.04. The average Bonchev–Trinajstić information content (AvgIpc) is 3.45. The van der Waals surface area contributed by atoms with Crippen LogP contribution in [0.1, 0.15) is 25.3 Å². The molecule has 4 rings (SSSR count). The van der Waals surface area contributed by atoms with Crippen molar-refractivity contribution in [3.63, 3.8) is 0 Å². The molecule has 2 N–H and O–H groups in total. The molecule has 1 fully saturated rings. The van der Waals surface area contributed by atoms with Crippen molar-refractivity contribution >= 4 is 17.3 Å². The number of guanidine groups is 1. The minimum atomic E-state index is 0.377. The molecular weight excluding hydrogens is 374 g/mol. The van der Waals surface area contributed by atoms with Crippen molar-refractivity contribution in [1.82, 2.24) is 20.4 Å². The fraction of sp³-hybridized carbons (Fsp3) is 0.478. The molecule has 2 aromatic rings. The van der Waals surface area contributed by atoms with Gasteiger partial charge in [0.1, 0.15) is 0 Å². The first-order valence-corrected chi connectivity index (χ1v) is 11.0. The Hall–Kier alpha value is -2.96. The lowest BCUT2D eigenvalue weighted by Crippen LogP contribution is -2.51. The topological polar surface area (TPSA) is 60.7 Å². The zero-order valence-electron chi connectivity index (χ0n) is 18.1. The Balaban J connectivity index is 1.35. The van der Waals surface area contributed by atoms with E-state index in [-0.39, 0.29) is 0 Å². The standard InChI is InChI=1S/C23H33N7/c1-3-24-23(25-15-19-8-10-21(11-9-19)29-12-4-5-13-29)27-20-7-6-14-30(17-20)22-16-26-28(2)18-22/h4-5,8-11,16,18,20H,3,6-7,12-15,17H2,1-2H3,(H2,24,25,27). The van der Waals surface area contributed by atoms with E-state index in [9.17, 15) is 0 Å². The second-order valence-corrected chi connectivity index (χ2v) is 8.04. The van der Waals surface area contributed by atoms with Crippen molar-refractivity contribution in [2.45, 2.75) is 32.4 Å². The Morgan fingerprint density at radius 1 is 1.13 bits per heavy atom. The van der Waals surface area contributed by atoms with E-state index in [1.54, 1.807) is 0 Å². The van der Waals surface area contributed by atoms with Gasteiger partial charge in [-0.15, -0.1) is 0 Å². The Kier molecular flexibility index (Phi) is 6.57. The Labute approximate surface area is 179 Å². The molecule has 160 valence electrons. The van der Waals surface area contributed by atoms with Gasteiger partial charge in [-0.05, 0) is 37.5 Å². The predicted octanol–water partition coefficient (Wildman–Crippen LogP) is 2.52. The molecular formula is C23H33N7. The van der Waals surface area contributed by atoms with Gasteiger partial charge in [-0.25, -0.2) is 4.99 Å². The quantitative estimate of drug-likeness (QED) is 0.438. The third-order valence-electron chi connectivity index (χ3n) is 5.70. The van der Waals surface area contributed by atoms with E-state index in [1.165, 1.54) is 23.4 Å². The second kappa shape index (κ2) is 9.69. The van der Waals surface area contributed by atoms with Crippen molar-refractivity contribution in [3.8, 4) is 0 Å². The lowest BCUT2D eigenvalue weighted by molar-refractivity contribution is 0.468. The lowest BCUT2D eigenvalue weighted by atomic mass is 10.1. The maximum atomic E-state index is 4.84. The van der Waals surface area contributed by atoms with Crippen LogP contribution < -0.4 is 20.4 Å². The van der Waals surface area contributed by atoms with Crippen molar-refractivity contribution < 1.29 is 0 Å². The van der Waals surface area contributed by atoms with Gasteiger partial charge in [-0.2, -0.15) is 5.10 Å². The van der Waals surface area contributed by atoms with E-state index in [0.29, 0.717) is 12.6 Å². The first kappa shape index (κ1) is 20.3. The summed E-state index contributed by atoms with van der Waals surface area (Å²) < 4.78 is 1.86. The van der Waals surface area contributed by atoms with Crippen molar-refractivity contribution in [3.05, 3.63) is 54.4 Å². The van der Waals surface area contributed by atoms with Crippen molar-refractivity contribution in [1.29, 1.82) is 0 Å². The van der Waals surface area contributed by atoms with Gasteiger partial charge in [0.15, 0.2) is 5.96 Å². The molecule has 2 aliphatic rings. The first-order chi connectivity index (χ1) is 14.7. The summed E-state index contributed by atoms with van der Waals surface area (Å²) in [7, 11) is 1.97. The molecule has 0 saturated carbocycles. The van der Waals surface area contributed by atoms with E-state index in [4.69, 9.17) is 4.99 Å². The smallest absolute Gasteiger partial charge is 0.191 e. The van der Waals surface area contributed by atoms with Crippen LogP contribution in [0.5, 0.6) is 0 Å². The number of aliphatic imine (C=N–C) groups is 1. The number of benzene rings is 1. The zero-order valence-corrected chi connectivity index (χ0v) is 18.1. The fourth-order valence-corrected chi connectivity index (χ4v) is 4.09. The van der Waals surface area contributed by atoms with Crippen LogP contribution in [-0.4, -0.2) is 54.5 Å². The van der Waals surface area contributed by atoms with Gasteiger partial charge in [0.2, 0.25) is 0 Å². The molecule has 1 unspecified atom stereocenters. The molecule has 2 aliphatic heterocycles. The summed E-state index contributed by atoms with van der Waals surface area (Å²) in [4.78, 5) is 9.60. The average molecular weight is 408 g/mol. The number of rotatable bonds is 6. The monoisotopic (exact) mass is 407 g/mol. The Bertz CT molecular complexity index is 860. The predicted molar refractivity (Wildman–Crippen MR) is 124 cm³/mol. The first-order valence-electron chi connectivity index (χ1n) is 11.0. The van der Waals surface area contributed by atoms with Crippen LogP contribution in [0.3, 0.4) is 0 Å². The Morgan fingerprint density at radius 2 is 1.93 bits per heavy atom. The fourth-order valence-electron chi connectivity index (χ4n) is 4.09. The molecule has 1 aromatic heterocycles. The number of aryl methyl sites for hydroxylation is 1. The Morgan fingerprint density at radius 3 is 2.63 bits per heavy atom. The van der Waals surface area contributed by atoms with Gasteiger partial charge in [-0.1, -0.05) is 24.3 Å². The molecule has 0 amide bonds. The van der Waals surface area contributed by atoms with Crippen LogP contribution >= 0.6 is 0 Å². The van der Waals surface area contributed by atoms with E-state index in [0.717, 1.165) is 45.1 Å². The number of nitrogens with zero attached hydrogens (tertiary/aromatic N) is 5. The number of anilines is 2. The molecule has 0 radical (unpaired) electrons. The third kappa shape index (κ3) is 5.14. The van der Waals surface area contributed by atoms with Crippen LogP contribution in [0.4, 0.5) is 11.4 Å². The molecule has 7 nitrogen and oxygen atoms in total. The SMILES string of the molecule is CCNC(=NCc1ccc(N2CC=CC2)cc1)NC1CCCN(c2cnn(C)c2)C1. The lowest BCUT2D eigenvalue weighted by Gasteiger charge is -2.34. The van der Waals surface area contributed by atoms with E-state index in [1.807, 2.05) is 17.9 Å². The summed E-state index contributed by atoms with van der Waals surface area (Å²) in [5, 5.41) is 11.4. The third-order valence-corrected chi connectivity index (χ3v) is 5.70. The van der Waals surface area contributed by atoms with Gasteiger partial charge in [-0.3, -0.25) is 4.68 Å². The summed E-state index contributed by atoms with van der Waals surface area (Å²) in [6.07, 6.45) is 10.8. The summed E-state index contributed by atoms with van der Waals surface area (Å²) in [6.45, 7) is 7.69. The van der Waals surface area contributed by atoms with Gasteiger partial charge >= 0.3 is 0 Å². The highest BCUT2D eigenvalue weighted by Gasteiger charge is 2.21. The summed E-state index contributed by atoms with van der Waals surface area (Å²) >= 11 is 0. The van der Waals surface area contributed by atoms with E-state index >= 15 is 0 Å². The van der Waals surface area contributed by atoms with Crippen LogP contribution in [0.2, 0.25) is 0 Å². The number of aromatic nitrogens is 2. The molecule has 30 heavy (non-hydrogen) atoms. The van der Waals surface area contributed by atoms with Gasteiger partial charge in [0.25, 0.3) is 0 Å². The number of hydrogen-bond acceptors (Lipinski definition) is 4. The molecule has 7 heteroatoms. The van der Waals surface area contributed by atoms with Gasteiger partial charge in [0, 0.05) is 57.7 Å². The van der Waals surface area contributed by atoms with Crippen molar-refractivity contribution in [2.75, 3.05) is 42.5 Å². The molecule has 0 spiro atoms. The molecule has 1 atom stereocenters. The number of nitrogens with one attached hydrogen (secondary N) is 2. The molecule has 0 bridgehead atoms. The van der Waals surface area contributed by atoms with E-state index < -0.39 is 0 Å². The molecule has 3 heterocycles. The van der Waals surface area contributed by atoms with E-state index in [2.05, 4.69) is 75.1 Å². The number of hydrogen-bond donors (Lipinski definition) is 2. The van der Waals surface area contributed by atoms with Crippen LogP contribution in [0.15, 0.2) is 53.8 Å². The maximum absolute atomic E-state index is 4.84. The summed E-state index contributed by atoms with van der Waals surface area (Å²) in [5.41, 5.74) is 3.69. The highest BCUT2D eigenvalue weighted by molar-refractivity contribution is 5.80. The normalized spacial score (nSPS) is 19.4. The summed E-state index contributed by atoms with van der Waals surface area (Å²) in [6, 6.07) is 9.15. The maximum Gasteiger partial charge on any atom is 0.191 e. The van der Waals surface area contributed by atoms with Crippen molar-refractivity contribution in [2.24, 2.45) is 12.0 Å². The van der Waals surface area contributed by atoms with Crippen LogP contribution in [0, 0.1) is 0 Å². The largest absolute Gasteiger partial charge is 0.367 e. The molecule has 1 aromatic carbocycles. The van der Waals surface area contributed by atoms with Crippen LogP contribution in [0.25, 0.3) is 0 Å². The molecule has 0 aliphatic carbocycles.